The predicted molar refractivity (Wildman–Crippen MR) is 137 cm³/mol. The Balaban J connectivity index is 4.08. The summed E-state index contributed by atoms with van der Waals surface area (Å²) < 4.78 is 5.65. The van der Waals surface area contributed by atoms with Gasteiger partial charge in [-0.2, -0.15) is 0 Å². The highest BCUT2D eigenvalue weighted by Crippen LogP contribution is 2.57. The summed E-state index contributed by atoms with van der Waals surface area (Å²) >= 11 is 2.08. The predicted octanol–water partition coefficient (Wildman–Crippen LogP) is 3.21. The van der Waals surface area contributed by atoms with Gasteiger partial charge < -0.3 is 25.2 Å². The molecule has 0 spiro atoms. The summed E-state index contributed by atoms with van der Waals surface area (Å²) in [5.41, 5.74) is -0.851. The van der Waals surface area contributed by atoms with Crippen LogP contribution in [0.1, 0.15) is 0 Å². The van der Waals surface area contributed by atoms with E-state index in [1.165, 1.54) is 0 Å². The highest BCUT2D eigenvalue weighted by molar-refractivity contribution is 14.1. The third kappa shape index (κ3) is 3.64. The van der Waals surface area contributed by atoms with Crippen LogP contribution in [-0.4, -0.2) is 84.3 Å². The van der Waals surface area contributed by atoms with Gasteiger partial charge in [0.2, 0.25) is 0 Å². The lowest BCUT2D eigenvalue weighted by Crippen LogP contribution is -2.95. The number of ether oxygens (including phenoxy) is 1. The Morgan fingerprint density at radius 3 is 1.32 bits per heavy atom. The Kier molecular flexibility index (Phi) is 7.32. The molecule has 5 nitrogen and oxygen atoms in total. The highest BCUT2D eigenvalue weighted by Gasteiger charge is 2.81. The Labute approximate surface area is 189 Å². The monoisotopic (exact) mass is 578 g/mol. The summed E-state index contributed by atoms with van der Waals surface area (Å²) in [6.45, 7) is 24.2. The lowest BCUT2D eigenvalue weighted by atomic mass is 9.96. The fraction of sp³-hybridized carbons (Fsp3) is 1.00. The first kappa shape index (κ1) is 27.4. The van der Waals surface area contributed by atoms with Gasteiger partial charge in [0.1, 0.15) is 25.9 Å². The molecule has 1 saturated heterocycles. The molecule has 28 heavy (non-hydrogen) atoms. The first-order valence-corrected chi connectivity index (χ1v) is 25.4. The van der Waals surface area contributed by atoms with E-state index in [1.54, 1.807) is 0 Å². The zero-order chi connectivity index (χ0) is 22.9. The van der Waals surface area contributed by atoms with Crippen LogP contribution in [0.25, 0.3) is 0 Å². The first-order chi connectivity index (χ1) is 11.9. The van der Waals surface area contributed by atoms with Gasteiger partial charge in [-0.25, -0.2) is 0 Å². The van der Waals surface area contributed by atoms with E-state index in [0.29, 0.717) is 0 Å². The molecule has 0 radical (unpaired) electrons. The molecule has 0 aromatic carbocycles. The summed E-state index contributed by atoms with van der Waals surface area (Å²) in [5.74, 6) is 0. The molecule has 1 aliphatic rings. The summed E-state index contributed by atoms with van der Waals surface area (Å²) in [7, 11) is -9.81. The topological polar surface area (TPSA) is 90.2 Å². The molecule has 4 N–H and O–H groups in total. The van der Waals surface area contributed by atoms with E-state index in [0.717, 1.165) is 0 Å². The van der Waals surface area contributed by atoms with Crippen molar-refractivity contribution in [3.05, 3.63) is 0 Å². The van der Waals surface area contributed by atoms with Crippen molar-refractivity contribution in [1.82, 2.24) is 0 Å². The van der Waals surface area contributed by atoms with Crippen LogP contribution in [0.3, 0.4) is 0 Å². The molecule has 1 heterocycles. The zero-order valence-electron chi connectivity index (χ0n) is 19.8. The van der Waals surface area contributed by atoms with Gasteiger partial charge >= 0.3 is 0 Å². The van der Waals surface area contributed by atoms with Crippen molar-refractivity contribution >= 4 is 54.9 Å². The lowest BCUT2D eigenvalue weighted by Gasteiger charge is -2.71. The van der Waals surface area contributed by atoms with Crippen LogP contribution >= 0.6 is 22.6 Å². The second-order valence-corrected chi connectivity index (χ2v) is 34.9. The Morgan fingerprint density at radius 2 is 1.07 bits per heavy atom. The minimum Gasteiger partial charge on any atom is -0.394 e. The van der Waals surface area contributed by atoms with Crippen molar-refractivity contribution in [3.8, 4) is 0 Å². The van der Waals surface area contributed by atoms with Crippen molar-refractivity contribution in [2.24, 2.45) is 0 Å². The molecule has 0 aromatic heterocycles. The molecule has 6 atom stereocenters. The van der Waals surface area contributed by atoms with E-state index in [1.807, 2.05) is 78.6 Å². The molecule has 1 aliphatic heterocycles. The van der Waals surface area contributed by atoms with E-state index in [4.69, 9.17) is 4.74 Å². The summed E-state index contributed by atoms with van der Waals surface area (Å²) in [6, 6.07) is 0. The SMILES string of the molecule is C[Si](C)(C)C(O)[C@H]1O[C@H](I)[C@@](O)([Si](C)(C)C)[C@](O)([Si](C)(C)C)[C@]1(O)[Si](C)(C)C. The average molecular weight is 579 g/mol. The van der Waals surface area contributed by atoms with Crippen LogP contribution in [0.4, 0.5) is 0 Å². The van der Waals surface area contributed by atoms with E-state index < -0.39 is 63.9 Å². The quantitative estimate of drug-likeness (QED) is 0.229. The normalized spacial score (nSPS) is 39.8. The van der Waals surface area contributed by atoms with Gasteiger partial charge in [-0.1, -0.05) is 78.6 Å². The average Bonchev–Trinajstić information content (AvgIpc) is 2.43. The molecule has 1 rings (SSSR count). The van der Waals surface area contributed by atoms with Crippen LogP contribution in [0.5, 0.6) is 0 Å². The molecule has 0 bridgehead atoms. The number of aliphatic hydroxyl groups is 4. The second kappa shape index (κ2) is 7.48. The van der Waals surface area contributed by atoms with Crippen LogP contribution < -0.4 is 0 Å². The van der Waals surface area contributed by atoms with Crippen LogP contribution in [0, 0.1) is 0 Å². The number of hydrogen-bond acceptors (Lipinski definition) is 5. The van der Waals surface area contributed by atoms with Crippen LogP contribution in [-0.2, 0) is 4.74 Å². The zero-order valence-corrected chi connectivity index (χ0v) is 26.0. The van der Waals surface area contributed by atoms with Crippen molar-refractivity contribution < 1.29 is 25.2 Å². The van der Waals surface area contributed by atoms with Gasteiger partial charge in [0.25, 0.3) is 0 Å². The Hall–Kier alpha value is 1.40. The molecule has 168 valence electrons. The van der Waals surface area contributed by atoms with Crippen molar-refractivity contribution in [3.63, 3.8) is 0 Å². The number of halogens is 1. The van der Waals surface area contributed by atoms with Gasteiger partial charge in [-0.15, -0.1) is 0 Å². The van der Waals surface area contributed by atoms with Crippen molar-refractivity contribution in [2.75, 3.05) is 0 Å². The molecule has 0 amide bonds. The minimum absolute atomic E-state index is 0.707. The summed E-state index contributed by atoms with van der Waals surface area (Å²) in [5, 5.41) is 43.8. The maximum Gasteiger partial charge on any atom is 0.137 e. The fourth-order valence-electron chi connectivity index (χ4n) is 4.74. The van der Waals surface area contributed by atoms with Gasteiger partial charge in [0.05, 0.1) is 38.0 Å². The number of rotatable bonds is 5. The third-order valence-electron chi connectivity index (χ3n) is 6.66. The molecule has 0 aliphatic carbocycles. The maximum atomic E-state index is 12.6. The van der Waals surface area contributed by atoms with Gasteiger partial charge in [-0.05, 0) is 22.6 Å². The van der Waals surface area contributed by atoms with Gasteiger partial charge in [-0.3, -0.25) is 0 Å². The minimum atomic E-state index is -2.62. The Morgan fingerprint density at radius 1 is 0.714 bits per heavy atom. The maximum absolute atomic E-state index is 12.6. The smallest absolute Gasteiger partial charge is 0.137 e. The van der Waals surface area contributed by atoms with Crippen LogP contribution in [0.2, 0.25) is 78.6 Å². The fourth-order valence-corrected chi connectivity index (χ4v) is 21.6. The molecular formula is C18H43IO5Si4. The molecule has 1 fully saturated rings. The van der Waals surface area contributed by atoms with Gasteiger partial charge in [0.15, 0.2) is 0 Å². The largest absolute Gasteiger partial charge is 0.394 e. The molecule has 10 heteroatoms. The number of aliphatic hydroxyl groups excluding tert-OH is 1. The number of hydrogen-bond donors (Lipinski definition) is 4. The van der Waals surface area contributed by atoms with Crippen molar-refractivity contribution in [2.45, 2.75) is 110 Å². The molecule has 0 aromatic rings. The summed E-state index contributed by atoms with van der Waals surface area (Å²) in [6.07, 6.45) is -0.916. The Bertz CT molecular complexity index is 595. The lowest BCUT2D eigenvalue weighted by molar-refractivity contribution is -0.270. The molecular weight excluding hydrogens is 535 g/mol. The third-order valence-corrected chi connectivity index (χ3v) is 19.8. The van der Waals surface area contributed by atoms with Crippen molar-refractivity contribution in [1.29, 1.82) is 0 Å². The van der Waals surface area contributed by atoms with Gasteiger partial charge in [0, 0.05) is 0 Å². The van der Waals surface area contributed by atoms with E-state index in [2.05, 4.69) is 22.6 Å². The van der Waals surface area contributed by atoms with E-state index in [-0.39, 0.29) is 0 Å². The highest BCUT2D eigenvalue weighted by atomic mass is 127. The first-order valence-electron chi connectivity index (χ1n) is 10.1. The standard InChI is InChI=1S/C18H43IO5Si4/c1-25(2,3)14(20)13-16(21,26(4,5)6)18(23,28(10,11)12)17(22,15(19)24-13)27(7,8)9/h13-15,20-23H,1-12H3/t13-,14?,15+,16-,17-,18-/m1/s1. The van der Waals surface area contributed by atoms with E-state index >= 15 is 0 Å². The molecule has 1 unspecified atom stereocenters. The summed E-state index contributed by atoms with van der Waals surface area (Å²) in [4.78, 5) is 0. The second-order valence-electron chi connectivity index (χ2n) is 12.7. The van der Waals surface area contributed by atoms with E-state index in [9.17, 15) is 20.4 Å². The van der Waals surface area contributed by atoms with Crippen LogP contribution in [0.15, 0.2) is 0 Å². The number of alkyl halides is 1. The molecule has 0 saturated carbocycles.